The molecule has 1 aromatic carbocycles. The molecule has 1 aromatic heterocycles. The maximum Gasteiger partial charge on any atom is 0.253 e. The molecule has 0 N–H and O–H groups in total. The lowest BCUT2D eigenvalue weighted by Gasteiger charge is -2.35. The van der Waals surface area contributed by atoms with E-state index in [9.17, 15) is 4.79 Å². The van der Waals surface area contributed by atoms with Gasteiger partial charge in [0.15, 0.2) is 0 Å². The molecule has 2 aromatic rings. The van der Waals surface area contributed by atoms with Gasteiger partial charge in [0.25, 0.3) is 5.91 Å². The number of aryl methyl sites for hydroxylation is 1. The highest BCUT2D eigenvalue weighted by molar-refractivity contribution is 5.94. The van der Waals surface area contributed by atoms with E-state index >= 15 is 0 Å². The van der Waals surface area contributed by atoms with Crippen molar-refractivity contribution in [3.8, 4) is 11.3 Å². The van der Waals surface area contributed by atoms with Crippen LogP contribution in [0.25, 0.3) is 11.3 Å². The van der Waals surface area contributed by atoms with Crippen LogP contribution in [0.5, 0.6) is 0 Å². The standard InChI is InChI=1S/C22H28N2O3/c1-16-3-10-21(27-16)18-5-7-19(8-6-18)22(25)24-14-17-4-9-20(15-24)23(13-17)11-12-26-2/h3,5-8,10,17,20H,4,9,11-15H2,1-2H3/t17-,20-/m1/s1. The Bertz CT molecular complexity index is 783. The molecule has 0 saturated carbocycles. The Balaban J connectivity index is 1.46. The molecule has 0 radical (unpaired) electrons. The molecule has 2 bridgehead atoms. The Hall–Kier alpha value is -2.11. The summed E-state index contributed by atoms with van der Waals surface area (Å²) in [5.74, 6) is 2.44. The molecule has 3 aliphatic rings. The predicted molar refractivity (Wildman–Crippen MR) is 105 cm³/mol. The van der Waals surface area contributed by atoms with Crippen molar-refractivity contribution in [1.82, 2.24) is 9.80 Å². The van der Waals surface area contributed by atoms with Gasteiger partial charge in [-0.2, -0.15) is 0 Å². The first-order chi connectivity index (χ1) is 13.1. The maximum atomic E-state index is 13.1. The Kier molecular flexibility index (Phi) is 5.32. The van der Waals surface area contributed by atoms with Gasteiger partial charge in [-0.25, -0.2) is 0 Å². The highest BCUT2D eigenvalue weighted by atomic mass is 16.5. The lowest BCUT2D eigenvalue weighted by atomic mass is 9.95. The summed E-state index contributed by atoms with van der Waals surface area (Å²) in [6.45, 7) is 6.40. The largest absolute Gasteiger partial charge is 0.461 e. The van der Waals surface area contributed by atoms with Gasteiger partial charge in [-0.3, -0.25) is 9.69 Å². The van der Waals surface area contributed by atoms with E-state index in [0.717, 1.165) is 55.4 Å². The third-order valence-corrected chi connectivity index (χ3v) is 5.85. The van der Waals surface area contributed by atoms with E-state index < -0.39 is 0 Å². The molecule has 0 aliphatic carbocycles. The number of hydrogen-bond acceptors (Lipinski definition) is 4. The normalized spacial score (nSPS) is 22.8. The Morgan fingerprint density at radius 3 is 2.63 bits per heavy atom. The topological polar surface area (TPSA) is 45.9 Å². The van der Waals surface area contributed by atoms with Crippen LogP contribution >= 0.6 is 0 Å². The van der Waals surface area contributed by atoms with Gasteiger partial charge in [0.05, 0.1) is 6.61 Å². The van der Waals surface area contributed by atoms with Crippen LogP contribution < -0.4 is 0 Å². The Morgan fingerprint density at radius 1 is 1.11 bits per heavy atom. The third kappa shape index (κ3) is 3.94. The second-order valence-corrected chi connectivity index (χ2v) is 7.78. The molecule has 3 aliphatic heterocycles. The maximum absolute atomic E-state index is 13.1. The zero-order valence-corrected chi connectivity index (χ0v) is 16.2. The van der Waals surface area contributed by atoms with Crippen molar-refractivity contribution in [2.45, 2.75) is 25.8 Å². The van der Waals surface area contributed by atoms with Crippen LogP contribution in [0.2, 0.25) is 0 Å². The number of furan rings is 1. The average molecular weight is 368 g/mol. The number of benzene rings is 1. The van der Waals surface area contributed by atoms with Crippen LogP contribution in [0.4, 0.5) is 0 Å². The van der Waals surface area contributed by atoms with Gasteiger partial charge in [-0.1, -0.05) is 12.1 Å². The van der Waals surface area contributed by atoms with Crippen LogP contribution in [0.1, 0.15) is 29.0 Å². The summed E-state index contributed by atoms with van der Waals surface area (Å²) < 4.78 is 10.9. The number of piperidine rings is 1. The highest BCUT2D eigenvalue weighted by Crippen LogP contribution is 2.29. The number of nitrogens with zero attached hydrogens (tertiary/aromatic N) is 2. The van der Waals surface area contributed by atoms with Crippen LogP contribution in [0.15, 0.2) is 40.8 Å². The Labute approximate surface area is 160 Å². The number of carbonyl (C=O) groups is 1. The van der Waals surface area contributed by atoms with Crippen molar-refractivity contribution >= 4 is 5.91 Å². The number of carbonyl (C=O) groups excluding carboxylic acids is 1. The molecule has 0 spiro atoms. The summed E-state index contributed by atoms with van der Waals surface area (Å²) in [5.41, 5.74) is 1.76. The predicted octanol–water partition coefficient (Wildman–Crippen LogP) is 3.44. The van der Waals surface area contributed by atoms with Gasteiger partial charge in [0, 0.05) is 50.5 Å². The molecule has 0 unspecified atom stereocenters. The van der Waals surface area contributed by atoms with Gasteiger partial charge >= 0.3 is 0 Å². The smallest absolute Gasteiger partial charge is 0.253 e. The molecule has 5 rings (SSSR count). The van der Waals surface area contributed by atoms with Crippen molar-refractivity contribution in [1.29, 1.82) is 0 Å². The van der Waals surface area contributed by atoms with Crippen molar-refractivity contribution in [2.75, 3.05) is 39.9 Å². The monoisotopic (exact) mass is 368 g/mol. The summed E-state index contributed by atoms with van der Waals surface area (Å²) >= 11 is 0. The fourth-order valence-corrected chi connectivity index (χ4v) is 4.38. The number of hydrogen-bond donors (Lipinski definition) is 0. The lowest BCUT2D eigenvalue weighted by Crippen LogP contribution is -2.45. The van der Waals surface area contributed by atoms with Crippen molar-refractivity contribution < 1.29 is 13.9 Å². The van der Waals surface area contributed by atoms with E-state index in [-0.39, 0.29) is 5.91 Å². The first kappa shape index (κ1) is 18.3. The molecular formula is C22H28N2O3. The fraction of sp³-hybridized carbons (Fsp3) is 0.500. The van der Waals surface area contributed by atoms with E-state index in [0.29, 0.717) is 12.0 Å². The van der Waals surface area contributed by atoms with E-state index in [4.69, 9.17) is 9.15 Å². The number of rotatable bonds is 5. The molecule has 2 atom stereocenters. The van der Waals surface area contributed by atoms with Crippen molar-refractivity contribution in [3.05, 3.63) is 47.7 Å². The molecule has 5 heteroatoms. The van der Waals surface area contributed by atoms with E-state index in [2.05, 4.69) is 9.80 Å². The molecule has 3 fully saturated rings. The first-order valence-electron chi connectivity index (χ1n) is 9.83. The van der Waals surface area contributed by atoms with Gasteiger partial charge in [-0.15, -0.1) is 0 Å². The van der Waals surface area contributed by atoms with E-state index in [1.807, 2.05) is 43.3 Å². The lowest BCUT2D eigenvalue weighted by molar-refractivity contribution is 0.0718. The quantitative estimate of drug-likeness (QED) is 0.811. The van der Waals surface area contributed by atoms with E-state index in [1.165, 1.54) is 12.8 Å². The fourth-order valence-electron chi connectivity index (χ4n) is 4.38. The summed E-state index contributed by atoms with van der Waals surface area (Å²) in [4.78, 5) is 17.7. The SMILES string of the molecule is COCCN1C[C@H]2CC[C@@H]1CN(C(=O)c1ccc(-c3ccc(C)o3)cc1)C2. The second kappa shape index (κ2) is 7.87. The summed E-state index contributed by atoms with van der Waals surface area (Å²) in [6, 6.07) is 12.2. The molecule has 3 saturated heterocycles. The molecule has 5 nitrogen and oxygen atoms in total. The molecule has 144 valence electrons. The van der Waals surface area contributed by atoms with Crippen LogP contribution in [0.3, 0.4) is 0 Å². The molecule has 1 amide bonds. The van der Waals surface area contributed by atoms with Crippen LogP contribution in [-0.4, -0.2) is 61.6 Å². The Morgan fingerprint density at radius 2 is 1.93 bits per heavy atom. The zero-order chi connectivity index (χ0) is 18.8. The van der Waals surface area contributed by atoms with Crippen molar-refractivity contribution in [2.24, 2.45) is 5.92 Å². The first-order valence-corrected chi connectivity index (χ1v) is 9.83. The third-order valence-electron chi connectivity index (χ3n) is 5.85. The summed E-state index contributed by atoms with van der Waals surface area (Å²) in [6.07, 6.45) is 2.39. The van der Waals surface area contributed by atoms with Gasteiger partial charge in [0.2, 0.25) is 0 Å². The van der Waals surface area contributed by atoms with E-state index in [1.54, 1.807) is 7.11 Å². The van der Waals surface area contributed by atoms with Gasteiger partial charge in [0.1, 0.15) is 11.5 Å². The number of fused-ring (bicyclic) bond motifs is 4. The molecule has 27 heavy (non-hydrogen) atoms. The second-order valence-electron chi connectivity index (χ2n) is 7.78. The van der Waals surface area contributed by atoms with Gasteiger partial charge in [-0.05, 0) is 49.9 Å². The number of methoxy groups -OCH3 is 1. The minimum absolute atomic E-state index is 0.141. The average Bonchev–Trinajstić information content (AvgIpc) is 2.93. The minimum Gasteiger partial charge on any atom is -0.461 e. The van der Waals surface area contributed by atoms with Crippen molar-refractivity contribution in [3.63, 3.8) is 0 Å². The van der Waals surface area contributed by atoms with Crippen LogP contribution in [-0.2, 0) is 4.74 Å². The molecule has 4 heterocycles. The highest BCUT2D eigenvalue weighted by Gasteiger charge is 2.36. The summed E-state index contributed by atoms with van der Waals surface area (Å²) in [7, 11) is 1.75. The summed E-state index contributed by atoms with van der Waals surface area (Å²) in [5, 5.41) is 0. The van der Waals surface area contributed by atoms with Gasteiger partial charge < -0.3 is 14.1 Å². The number of amides is 1. The van der Waals surface area contributed by atoms with Crippen LogP contribution in [0, 0.1) is 12.8 Å². The number of ether oxygens (including phenoxy) is 1. The molecular weight excluding hydrogens is 340 g/mol. The minimum atomic E-state index is 0.141. The zero-order valence-electron chi connectivity index (χ0n) is 16.2.